The molecular weight excluding hydrogens is 498 g/mol. The van der Waals surface area contributed by atoms with Gasteiger partial charge in [-0.05, 0) is 61.4 Å². The molecule has 0 aliphatic heterocycles. The van der Waals surface area contributed by atoms with Crippen molar-refractivity contribution >= 4 is 22.6 Å². The van der Waals surface area contributed by atoms with E-state index in [1.54, 1.807) is 7.11 Å². The highest BCUT2D eigenvalue weighted by Gasteiger charge is 2.86. The normalized spacial score (nSPS) is 33.1. The first-order chi connectivity index (χ1) is 17.5. The monoisotopic (exact) mass is 549 g/mol. The average Bonchev–Trinajstić information content (AvgIpc) is 3.26. The minimum atomic E-state index is -2.06. The van der Waals surface area contributed by atoms with Gasteiger partial charge in [0.25, 0.3) is 0 Å². The molecule has 0 saturated heterocycles. The second kappa shape index (κ2) is 10.8. The minimum Gasteiger partial charge on any atom is -0.546 e. The Hall–Kier alpha value is -1.15. The maximum absolute atomic E-state index is 14.0. The molecule has 0 aromatic heterocycles. The van der Waals surface area contributed by atoms with E-state index in [0.29, 0.717) is 19.3 Å². The zero-order valence-electron chi connectivity index (χ0n) is 25.1. The lowest BCUT2D eigenvalue weighted by atomic mass is 9.53. The molecule has 8 heteroatoms. The van der Waals surface area contributed by atoms with Gasteiger partial charge in [0.2, 0.25) is 8.32 Å². The van der Waals surface area contributed by atoms with Crippen molar-refractivity contribution in [2.45, 2.75) is 123 Å². The number of carbonyl (C=O) groups is 1. The molecule has 3 rings (SSSR count). The number of nitrogens with zero attached hydrogens (tertiary/aromatic N) is 1. The van der Waals surface area contributed by atoms with Crippen LogP contribution in [0.4, 0.5) is 0 Å². The van der Waals surface area contributed by atoms with Crippen LogP contribution < -0.4 is 0 Å². The third-order valence-electron chi connectivity index (χ3n) is 10.9. The molecule has 37 heavy (non-hydrogen) atoms. The first-order valence-corrected chi connectivity index (χ1v) is 19.8. The van der Waals surface area contributed by atoms with Gasteiger partial charge in [-0.3, -0.25) is 4.79 Å². The molecule has 3 aliphatic rings. The minimum absolute atomic E-state index is 0.0542. The Bertz CT molecular complexity index is 921. The fourth-order valence-corrected chi connectivity index (χ4v) is 14.0. The summed E-state index contributed by atoms with van der Waals surface area (Å²) in [5.41, 5.74) is -2.04. The van der Waals surface area contributed by atoms with Gasteiger partial charge in [0, 0.05) is 18.6 Å². The van der Waals surface area contributed by atoms with Gasteiger partial charge >= 0.3 is 5.97 Å². The van der Waals surface area contributed by atoms with E-state index in [2.05, 4.69) is 61.5 Å². The van der Waals surface area contributed by atoms with Crippen molar-refractivity contribution in [1.82, 2.24) is 0 Å². The van der Waals surface area contributed by atoms with Gasteiger partial charge in [0.05, 0.1) is 25.0 Å². The van der Waals surface area contributed by atoms with E-state index < -0.39 is 33.1 Å². The van der Waals surface area contributed by atoms with E-state index >= 15 is 0 Å². The molecule has 0 spiro atoms. The van der Waals surface area contributed by atoms with Crippen LogP contribution in [0.15, 0.2) is 11.3 Å². The van der Waals surface area contributed by atoms with Crippen LogP contribution in [-0.4, -0.2) is 48.5 Å². The van der Waals surface area contributed by atoms with Crippen LogP contribution in [0.1, 0.15) is 74.7 Å². The zero-order valence-corrected chi connectivity index (χ0v) is 27.1. The number of nitriles is 1. The summed E-state index contributed by atoms with van der Waals surface area (Å²) in [6, 6.07) is 8.87. The SMILES string of the molecule is CC[Si](CC)(CC)OC1=C(C(C)C)C2(OC)C3(C#N)CC1C2(C(=O)OC)CCC3O[Si](CC)(CC)CC. The van der Waals surface area contributed by atoms with Gasteiger partial charge in [-0.2, -0.15) is 5.26 Å². The van der Waals surface area contributed by atoms with Crippen LogP contribution in [0, 0.1) is 34.0 Å². The molecule has 0 aromatic rings. The molecule has 0 amide bonds. The van der Waals surface area contributed by atoms with E-state index in [-0.39, 0.29) is 23.9 Å². The highest BCUT2D eigenvalue weighted by atomic mass is 28.4. The van der Waals surface area contributed by atoms with Gasteiger partial charge in [-0.1, -0.05) is 55.4 Å². The Balaban J connectivity index is 2.34. The van der Waals surface area contributed by atoms with Gasteiger partial charge < -0.3 is 18.3 Å². The maximum Gasteiger partial charge on any atom is 0.315 e. The van der Waals surface area contributed by atoms with Crippen LogP contribution in [0.5, 0.6) is 0 Å². The number of allylic oxidation sites excluding steroid dienone is 1. The van der Waals surface area contributed by atoms with E-state index in [1.165, 1.54) is 7.11 Å². The van der Waals surface area contributed by atoms with E-state index in [4.69, 9.17) is 18.3 Å². The van der Waals surface area contributed by atoms with E-state index in [0.717, 1.165) is 47.6 Å². The lowest BCUT2D eigenvalue weighted by Crippen LogP contribution is -2.67. The second-order valence-electron chi connectivity index (χ2n) is 11.9. The summed E-state index contributed by atoms with van der Waals surface area (Å²) in [4.78, 5) is 14.0. The summed E-state index contributed by atoms with van der Waals surface area (Å²) < 4.78 is 26.5. The first kappa shape index (κ1) is 30.4. The average molecular weight is 550 g/mol. The summed E-state index contributed by atoms with van der Waals surface area (Å²) in [7, 11) is -0.923. The van der Waals surface area contributed by atoms with Crippen molar-refractivity contribution in [2.75, 3.05) is 14.2 Å². The summed E-state index contributed by atoms with van der Waals surface area (Å²) >= 11 is 0. The first-order valence-electron chi connectivity index (χ1n) is 14.7. The van der Waals surface area contributed by atoms with Crippen LogP contribution in [0.25, 0.3) is 0 Å². The van der Waals surface area contributed by atoms with E-state index in [1.807, 2.05) is 0 Å². The van der Waals surface area contributed by atoms with Crippen molar-refractivity contribution in [3.63, 3.8) is 0 Å². The Morgan fingerprint density at radius 1 is 1.00 bits per heavy atom. The summed E-state index contributed by atoms with van der Waals surface area (Å²) in [6.45, 7) is 17.7. The van der Waals surface area contributed by atoms with Crippen LogP contribution in [-0.2, 0) is 23.1 Å². The summed E-state index contributed by atoms with van der Waals surface area (Å²) in [6.07, 6.45) is 1.49. The molecule has 0 aromatic carbocycles. The van der Waals surface area contributed by atoms with Gasteiger partial charge in [-0.15, -0.1) is 0 Å². The molecule has 2 fully saturated rings. The molecule has 5 unspecified atom stereocenters. The molecule has 6 nitrogen and oxygen atoms in total. The highest BCUT2D eigenvalue weighted by Crippen LogP contribution is 2.78. The van der Waals surface area contributed by atoms with Crippen LogP contribution >= 0.6 is 0 Å². The topological polar surface area (TPSA) is 77.8 Å². The molecule has 0 radical (unpaired) electrons. The Kier molecular flexibility index (Phi) is 8.86. The fraction of sp³-hybridized carbons (Fsp3) is 0.862. The number of hydrogen-bond donors (Lipinski definition) is 0. The number of carbonyl (C=O) groups excluding carboxylic acids is 1. The number of esters is 1. The van der Waals surface area contributed by atoms with Crippen molar-refractivity contribution in [3.05, 3.63) is 11.3 Å². The molecule has 4 bridgehead atoms. The number of ether oxygens (including phenoxy) is 2. The van der Waals surface area contributed by atoms with Crippen molar-refractivity contribution in [3.8, 4) is 6.07 Å². The predicted molar refractivity (Wildman–Crippen MR) is 152 cm³/mol. The lowest BCUT2D eigenvalue weighted by molar-refractivity contribution is -0.199. The largest absolute Gasteiger partial charge is 0.546 e. The lowest BCUT2D eigenvalue weighted by Gasteiger charge is -2.56. The maximum atomic E-state index is 14.0. The molecule has 5 atom stereocenters. The third kappa shape index (κ3) is 3.77. The van der Waals surface area contributed by atoms with Gasteiger partial charge in [-0.25, -0.2) is 0 Å². The van der Waals surface area contributed by atoms with Gasteiger partial charge in [0.1, 0.15) is 16.4 Å². The number of hydrogen-bond acceptors (Lipinski definition) is 6. The van der Waals surface area contributed by atoms with Crippen LogP contribution in [0.3, 0.4) is 0 Å². The number of methoxy groups -OCH3 is 2. The van der Waals surface area contributed by atoms with E-state index in [9.17, 15) is 10.1 Å². The predicted octanol–water partition coefficient (Wildman–Crippen LogP) is 7.19. The Morgan fingerprint density at radius 2 is 1.54 bits per heavy atom. The molecule has 3 aliphatic carbocycles. The molecule has 0 heterocycles. The Labute approximate surface area is 227 Å². The second-order valence-corrected chi connectivity index (χ2v) is 21.3. The molecular formula is C29H51NO5Si2. The third-order valence-corrected chi connectivity index (χ3v) is 20.1. The van der Waals surface area contributed by atoms with Crippen molar-refractivity contribution in [1.29, 1.82) is 5.26 Å². The zero-order chi connectivity index (χ0) is 27.9. The molecule has 210 valence electrons. The molecule has 0 N–H and O–H groups in total. The highest BCUT2D eigenvalue weighted by molar-refractivity contribution is 6.74. The molecule has 2 saturated carbocycles. The Morgan fingerprint density at radius 3 is 1.95 bits per heavy atom. The van der Waals surface area contributed by atoms with Crippen molar-refractivity contribution in [2.24, 2.45) is 22.7 Å². The van der Waals surface area contributed by atoms with Gasteiger partial charge in [0.15, 0.2) is 8.32 Å². The standard InChI is InChI=1S/C29H51NO5Si2/c1-11-36(12-2,13-3)34-23-17-18-28(26(31)32-9)22-19-27(23,20-30)29(28,33-10)24(21(7)8)25(22)35-37(14-4,15-5)16-6/h21-23H,11-19H2,1-10H3. The smallest absolute Gasteiger partial charge is 0.315 e. The quantitative estimate of drug-likeness (QED) is 0.179. The van der Waals surface area contributed by atoms with Crippen LogP contribution in [0.2, 0.25) is 36.3 Å². The summed E-state index contributed by atoms with van der Waals surface area (Å²) in [5, 5.41) is 11.1. The summed E-state index contributed by atoms with van der Waals surface area (Å²) in [5.74, 6) is 0.492. The fourth-order valence-electron chi connectivity index (χ4n) is 8.47. The van der Waals surface area contributed by atoms with Crippen molar-refractivity contribution < 1.29 is 23.1 Å². The number of rotatable bonds is 13.